The minimum absolute atomic E-state index is 0.461. The van der Waals surface area contributed by atoms with E-state index in [0.717, 1.165) is 26.2 Å². The molecule has 90 valence electrons. The number of hydrogen-bond acceptors (Lipinski definition) is 4. The van der Waals surface area contributed by atoms with E-state index < -0.39 is 0 Å². The molecular weight excluding hydrogens is 248 g/mol. The third-order valence-electron chi connectivity index (χ3n) is 3.19. The first-order chi connectivity index (χ1) is 8.45. The van der Waals surface area contributed by atoms with Gasteiger partial charge in [0.15, 0.2) is 0 Å². The van der Waals surface area contributed by atoms with E-state index in [1.807, 2.05) is 11.3 Å². The molecule has 0 spiro atoms. The molecule has 0 aliphatic carbocycles. The summed E-state index contributed by atoms with van der Waals surface area (Å²) in [4.78, 5) is 4.05. The molecule has 3 rings (SSSR count). The van der Waals surface area contributed by atoms with Crippen LogP contribution in [-0.4, -0.2) is 31.1 Å². The lowest BCUT2D eigenvalue weighted by molar-refractivity contribution is 0.201. The van der Waals surface area contributed by atoms with Crippen LogP contribution in [0.1, 0.15) is 16.5 Å². The Kier molecular flexibility index (Phi) is 3.57. The number of nitrogens with zero attached hydrogens (tertiary/aromatic N) is 1. The maximum absolute atomic E-state index is 3.42. The highest BCUT2D eigenvalue weighted by molar-refractivity contribution is 7.10. The average molecular weight is 264 g/mol. The Morgan fingerprint density at radius 3 is 2.71 bits per heavy atom. The van der Waals surface area contributed by atoms with Gasteiger partial charge in [-0.15, -0.1) is 11.3 Å². The predicted octanol–water partition coefficient (Wildman–Crippen LogP) is 2.80. The first-order valence-electron chi connectivity index (χ1n) is 5.95. The van der Waals surface area contributed by atoms with Crippen molar-refractivity contribution in [3.8, 4) is 0 Å². The second kappa shape index (κ2) is 5.31. The SMILES string of the molecule is c1csc([C@H](c2ccsc2)N2CCNCC2)c1. The van der Waals surface area contributed by atoms with Gasteiger partial charge in [-0.1, -0.05) is 6.07 Å². The smallest absolute Gasteiger partial charge is 0.0705 e. The Morgan fingerprint density at radius 1 is 1.18 bits per heavy atom. The van der Waals surface area contributed by atoms with E-state index in [0.29, 0.717) is 6.04 Å². The van der Waals surface area contributed by atoms with Crippen molar-refractivity contribution in [3.05, 3.63) is 44.8 Å². The van der Waals surface area contributed by atoms with Gasteiger partial charge in [-0.3, -0.25) is 4.90 Å². The zero-order valence-electron chi connectivity index (χ0n) is 9.63. The van der Waals surface area contributed by atoms with E-state index in [4.69, 9.17) is 0 Å². The van der Waals surface area contributed by atoms with Crippen LogP contribution in [0.25, 0.3) is 0 Å². The normalized spacial score (nSPS) is 19.3. The molecule has 3 heterocycles. The third-order valence-corrected chi connectivity index (χ3v) is 4.81. The van der Waals surface area contributed by atoms with Gasteiger partial charge in [0.1, 0.15) is 0 Å². The highest BCUT2D eigenvalue weighted by atomic mass is 32.1. The molecule has 4 heteroatoms. The van der Waals surface area contributed by atoms with Gasteiger partial charge in [-0.2, -0.15) is 11.3 Å². The van der Waals surface area contributed by atoms with Gasteiger partial charge >= 0.3 is 0 Å². The van der Waals surface area contributed by atoms with Gasteiger partial charge in [0.25, 0.3) is 0 Å². The molecule has 17 heavy (non-hydrogen) atoms. The van der Waals surface area contributed by atoms with Crippen LogP contribution in [0.15, 0.2) is 34.3 Å². The number of nitrogens with one attached hydrogen (secondary N) is 1. The molecule has 0 unspecified atom stereocenters. The van der Waals surface area contributed by atoms with Crippen molar-refractivity contribution >= 4 is 22.7 Å². The van der Waals surface area contributed by atoms with Crippen LogP contribution in [0.4, 0.5) is 0 Å². The van der Waals surface area contributed by atoms with Crippen molar-refractivity contribution in [2.75, 3.05) is 26.2 Å². The van der Waals surface area contributed by atoms with E-state index in [2.05, 4.69) is 44.6 Å². The third kappa shape index (κ3) is 2.45. The fraction of sp³-hybridized carbons (Fsp3) is 0.385. The molecule has 1 atom stereocenters. The number of hydrogen-bond donors (Lipinski definition) is 1. The maximum atomic E-state index is 3.42. The maximum Gasteiger partial charge on any atom is 0.0705 e. The van der Waals surface area contributed by atoms with Gasteiger partial charge in [0, 0.05) is 31.1 Å². The largest absolute Gasteiger partial charge is 0.314 e. The standard InChI is InChI=1S/C13H16N2S2/c1-2-12(17-8-1)13(11-3-9-16-10-11)15-6-4-14-5-7-15/h1-3,8-10,13-14H,4-7H2/t13-/m0/s1. The molecule has 1 N–H and O–H groups in total. The molecule has 1 aliphatic heterocycles. The zero-order chi connectivity index (χ0) is 11.5. The van der Waals surface area contributed by atoms with Crippen LogP contribution in [0.5, 0.6) is 0 Å². The lowest BCUT2D eigenvalue weighted by atomic mass is 10.1. The van der Waals surface area contributed by atoms with Crippen molar-refractivity contribution in [1.82, 2.24) is 10.2 Å². The summed E-state index contributed by atoms with van der Waals surface area (Å²) >= 11 is 3.66. The first kappa shape index (κ1) is 11.4. The number of rotatable bonds is 3. The molecule has 1 saturated heterocycles. The van der Waals surface area contributed by atoms with Crippen LogP contribution in [0.3, 0.4) is 0 Å². The summed E-state index contributed by atoms with van der Waals surface area (Å²) in [6.07, 6.45) is 0. The molecule has 0 saturated carbocycles. The molecule has 0 amide bonds. The molecule has 0 bridgehead atoms. The molecule has 2 aromatic heterocycles. The van der Waals surface area contributed by atoms with Gasteiger partial charge in [-0.25, -0.2) is 0 Å². The van der Waals surface area contributed by atoms with E-state index in [1.165, 1.54) is 10.4 Å². The fourth-order valence-electron chi connectivity index (χ4n) is 2.37. The van der Waals surface area contributed by atoms with Crippen LogP contribution in [-0.2, 0) is 0 Å². The Hall–Kier alpha value is -0.680. The summed E-state index contributed by atoms with van der Waals surface area (Å²) in [7, 11) is 0. The number of piperazine rings is 1. The molecular formula is C13H16N2S2. The summed E-state index contributed by atoms with van der Waals surface area (Å²) < 4.78 is 0. The van der Waals surface area contributed by atoms with Gasteiger partial charge in [0.05, 0.1) is 6.04 Å². The summed E-state index contributed by atoms with van der Waals surface area (Å²) in [6.45, 7) is 4.48. The predicted molar refractivity (Wildman–Crippen MR) is 74.9 cm³/mol. The Balaban J connectivity index is 1.91. The van der Waals surface area contributed by atoms with Gasteiger partial charge < -0.3 is 5.32 Å². The molecule has 0 radical (unpaired) electrons. The van der Waals surface area contributed by atoms with Crippen LogP contribution in [0.2, 0.25) is 0 Å². The van der Waals surface area contributed by atoms with Crippen molar-refractivity contribution < 1.29 is 0 Å². The lowest BCUT2D eigenvalue weighted by Crippen LogP contribution is -2.45. The second-order valence-electron chi connectivity index (χ2n) is 4.26. The Labute approximate surface area is 110 Å². The van der Waals surface area contributed by atoms with Gasteiger partial charge in [-0.05, 0) is 33.8 Å². The topological polar surface area (TPSA) is 15.3 Å². The molecule has 0 aromatic carbocycles. The van der Waals surface area contributed by atoms with E-state index in [1.54, 1.807) is 11.3 Å². The van der Waals surface area contributed by atoms with Crippen molar-refractivity contribution in [1.29, 1.82) is 0 Å². The summed E-state index contributed by atoms with van der Waals surface area (Å²) in [5.74, 6) is 0. The van der Waals surface area contributed by atoms with Crippen molar-refractivity contribution in [3.63, 3.8) is 0 Å². The summed E-state index contributed by atoms with van der Waals surface area (Å²) in [5, 5.41) is 10.1. The second-order valence-corrected chi connectivity index (χ2v) is 6.02. The highest BCUT2D eigenvalue weighted by Gasteiger charge is 2.24. The van der Waals surface area contributed by atoms with Crippen molar-refractivity contribution in [2.24, 2.45) is 0 Å². The molecule has 2 nitrogen and oxygen atoms in total. The Morgan fingerprint density at radius 2 is 2.06 bits per heavy atom. The quantitative estimate of drug-likeness (QED) is 0.917. The number of thiophene rings is 2. The van der Waals surface area contributed by atoms with E-state index in [-0.39, 0.29) is 0 Å². The first-order valence-corrected chi connectivity index (χ1v) is 7.77. The van der Waals surface area contributed by atoms with E-state index >= 15 is 0 Å². The molecule has 1 fully saturated rings. The van der Waals surface area contributed by atoms with Crippen LogP contribution >= 0.6 is 22.7 Å². The van der Waals surface area contributed by atoms with Crippen molar-refractivity contribution in [2.45, 2.75) is 6.04 Å². The Bertz CT molecular complexity index is 396. The summed E-state index contributed by atoms with van der Waals surface area (Å²) in [5.41, 5.74) is 1.44. The molecule has 2 aromatic rings. The zero-order valence-corrected chi connectivity index (χ0v) is 11.3. The lowest BCUT2D eigenvalue weighted by Gasteiger charge is -2.34. The van der Waals surface area contributed by atoms with E-state index in [9.17, 15) is 0 Å². The molecule has 1 aliphatic rings. The minimum Gasteiger partial charge on any atom is -0.314 e. The minimum atomic E-state index is 0.461. The van der Waals surface area contributed by atoms with Gasteiger partial charge in [0.2, 0.25) is 0 Å². The monoisotopic (exact) mass is 264 g/mol. The average Bonchev–Trinajstić information content (AvgIpc) is 3.04. The van der Waals surface area contributed by atoms with Crippen LogP contribution < -0.4 is 5.32 Å². The fourth-order valence-corrected chi connectivity index (χ4v) is 3.94. The van der Waals surface area contributed by atoms with Crippen LogP contribution in [0, 0.1) is 0 Å². The highest BCUT2D eigenvalue weighted by Crippen LogP contribution is 2.32. The summed E-state index contributed by atoms with van der Waals surface area (Å²) in [6, 6.07) is 7.14.